The number of allylic oxidation sites excluding steroid dienone is 3. The monoisotopic (exact) mass is 666 g/mol. The van der Waals surface area contributed by atoms with E-state index >= 15 is 0 Å². The van der Waals surface area contributed by atoms with Crippen LogP contribution in [0.1, 0.15) is 19.4 Å². The molecule has 0 radical (unpaired) electrons. The van der Waals surface area contributed by atoms with Crippen LogP contribution in [-0.4, -0.2) is 11.0 Å². The number of fused-ring (bicyclic) bond motifs is 3. The summed E-state index contributed by atoms with van der Waals surface area (Å²) in [4.78, 5) is 5.17. The van der Waals surface area contributed by atoms with Crippen LogP contribution in [0.2, 0.25) is 0 Å². The number of nitrogens with zero attached hydrogens (tertiary/aromatic N) is 1. The van der Waals surface area contributed by atoms with E-state index in [-0.39, 0.29) is 0 Å². The minimum absolute atomic E-state index is 0.305. The summed E-state index contributed by atoms with van der Waals surface area (Å²) in [6.07, 6.45) is 4.53. The van der Waals surface area contributed by atoms with Crippen molar-refractivity contribution in [2.75, 3.05) is 0 Å². The Morgan fingerprint density at radius 2 is 0.923 bits per heavy atom. The third kappa shape index (κ3) is 6.20. The Morgan fingerprint density at radius 1 is 0.423 bits per heavy atom. The number of benzene rings is 7. The molecule has 1 aromatic heterocycles. The molecule has 52 heavy (non-hydrogen) atoms. The number of nitrogens with one attached hydrogen (secondary N) is 1. The van der Waals surface area contributed by atoms with Crippen molar-refractivity contribution in [3.8, 4) is 55.9 Å². The average molecular weight is 667 g/mol. The fraction of sp³-hybridized carbons (Fsp3) is 0.0600. The molecule has 0 aliphatic carbocycles. The van der Waals surface area contributed by atoms with Crippen LogP contribution in [-0.2, 0) is 0 Å². The Morgan fingerprint density at radius 3 is 1.58 bits per heavy atom. The van der Waals surface area contributed by atoms with Crippen molar-refractivity contribution in [2.45, 2.75) is 19.9 Å². The molecule has 0 bridgehead atoms. The molecule has 0 saturated heterocycles. The molecule has 7 aromatic carbocycles. The highest BCUT2D eigenvalue weighted by Crippen LogP contribution is 2.38. The summed E-state index contributed by atoms with van der Waals surface area (Å²) < 4.78 is 0. The second-order valence-corrected chi connectivity index (χ2v) is 13.8. The molecule has 0 amide bonds. The fourth-order valence-corrected chi connectivity index (χ4v) is 7.55. The number of aromatic nitrogens is 1. The topological polar surface area (TPSA) is 24.9 Å². The number of hydrogen-bond acceptors (Lipinski definition) is 2. The maximum atomic E-state index is 5.17. The Hall–Kier alpha value is -6.51. The molecule has 1 unspecified atom stereocenters. The van der Waals surface area contributed by atoms with Gasteiger partial charge in [-0.1, -0.05) is 140 Å². The van der Waals surface area contributed by atoms with E-state index in [4.69, 9.17) is 4.98 Å². The molecule has 0 saturated carbocycles. The maximum Gasteiger partial charge on any atom is 0.0715 e. The van der Waals surface area contributed by atoms with Gasteiger partial charge in [-0.05, 0) is 122 Å². The van der Waals surface area contributed by atoms with Crippen LogP contribution >= 0.6 is 0 Å². The third-order valence-electron chi connectivity index (χ3n) is 10.1. The summed E-state index contributed by atoms with van der Waals surface area (Å²) in [5, 5.41) is 8.52. The minimum atomic E-state index is 0.305. The quantitative estimate of drug-likeness (QED) is 0.179. The zero-order valence-corrected chi connectivity index (χ0v) is 29.3. The molecule has 1 aliphatic heterocycles. The van der Waals surface area contributed by atoms with Crippen LogP contribution in [0, 0.1) is 0 Å². The van der Waals surface area contributed by atoms with Gasteiger partial charge in [-0.15, -0.1) is 0 Å². The van der Waals surface area contributed by atoms with Crippen molar-refractivity contribution in [1.82, 2.24) is 10.3 Å². The first-order valence-electron chi connectivity index (χ1n) is 18.0. The summed E-state index contributed by atoms with van der Waals surface area (Å²) >= 11 is 0. The smallest absolute Gasteiger partial charge is 0.0715 e. The second-order valence-electron chi connectivity index (χ2n) is 13.8. The van der Waals surface area contributed by atoms with E-state index in [1.165, 1.54) is 60.6 Å². The van der Waals surface area contributed by atoms with Crippen LogP contribution in [0.25, 0.3) is 83.0 Å². The lowest BCUT2D eigenvalue weighted by Gasteiger charge is -2.19. The van der Waals surface area contributed by atoms with Crippen molar-refractivity contribution in [1.29, 1.82) is 0 Å². The Labute approximate surface area is 305 Å². The van der Waals surface area contributed by atoms with Crippen molar-refractivity contribution in [3.05, 3.63) is 193 Å². The first kappa shape index (κ1) is 31.5. The van der Waals surface area contributed by atoms with Gasteiger partial charge < -0.3 is 5.32 Å². The second kappa shape index (κ2) is 13.3. The zero-order chi connectivity index (χ0) is 35.0. The van der Waals surface area contributed by atoms with Crippen molar-refractivity contribution in [3.63, 3.8) is 0 Å². The van der Waals surface area contributed by atoms with Gasteiger partial charge in [0, 0.05) is 22.9 Å². The van der Waals surface area contributed by atoms with Crippen LogP contribution in [0.3, 0.4) is 0 Å². The van der Waals surface area contributed by atoms with Crippen LogP contribution in [0.5, 0.6) is 0 Å². The molecule has 248 valence electrons. The van der Waals surface area contributed by atoms with Crippen LogP contribution in [0.4, 0.5) is 0 Å². The molecule has 0 fully saturated rings. The van der Waals surface area contributed by atoms with Gasteiger partial charge in [0.25, 0.3) is 0 Å². The lowest BCUT2D eigenvalue weighted by atomic mass is 9.90. The van der Waals surface area contributed by atoms with Crippen LogP contribution < -0.4 is 5.32 Å². The van der Waals surface area contributed by atoms with Gasteiger partial charge in [-0.3, -0.25) is 0 Å². The standard InChI is InChI=1S/C50H38N2/c1-33-25-42(26-34(2)51-33)35-17-19-36(20-18-35)43-27-44(41-24-23-38-22-21-37-11-9-10-16-47(37)48(38)30-41)29-45(28-43)46-31-49(39-12-5-3-6-13-39)52-50(32-46)40-14-7-4-8-15-40/h3-33,51H,1-2H3. The number of pyridine rings is 1. The first-order valence-corrected chi connectivity index (χ1v) is 18.0. The molecule has 2 nitrogen and oxygen atoms in total. The van der Waals surface area contributed by atoms with E-state index < -0.39 is 0 Å². The lowest BCUT2D eigenvalue weighted by molar-refractivity contribution is 0.721. The van der Waals surface area contributed by atoms with Gasteiger partial charge >= 0.3 is 0 Å². The highest BCUT2D eigenvalue weighted by atomic mass is 14.9. The Balaban J connectivity index is 1.23. The molecule has 1 N–H and O–H groups in total. The van der Waals surface area contributed by atoms with Gasteiger partial charge in [0.15, 0.2) is 0 Å². The average Bonchev–Trinajstić information content (AvgIpc) is 3.20. The van der Waals surface area contributed by atoms with Crippen molar-refractivity contribution >= 4 is 27.1 Å². The van der Waals surface area contributed by atoms with Gasteiger partial charge in [0.1, 0.15) is 0 Å². The molecule has 1 atom stereocenters. The predicted molar refractivity (Wildman–Crippen MR) is 221 cm³/mol. The van der Waals surface area contributed by atoms with Crippen molar-refractivity contribution in [2.24, 2.45) is 0 Å². The Bertz CT molecular complexity index is 2590. The van der Waals surface area contributed by atoms with E-state index in [9.17, 15) is 0 Å². The molecule has 0 spiro atoms. The van der Waals surface area contributed by atoms with E-state index in [1.54, 1.807) is 0 Å². The summed E-state index contributed by atoms with van der Waals surface area (Å²) in [6.45, 7) is 4.32. The number of rotatable bonds is 6. The molecule has 9 rings (SSSR count). The van der Waals surface area contributed by atoms with Gasteiger partial charge in [0.2, 0.25) is 0 Å². The SMILES string of the molecule is CC1=CC(c2ccc(-c3cc(-c4cc(-c5ccccc5)nc(-c5ccccc5)c4)cc(-c4ccc5ccc6ccccc6c5c4)c3)cc2)=CC(C)N1. The maximum absolute atomic E-state index is 5.17. The largest absolute Gasteiger partial charge is 0.383 e. The molecule has 1 aliphatic rings. The fourth-order valence-electron chi connectivity index (χ4n) is 7.55. The van der Waals surface area contributed by atoms with Gasteiger partial charge in [0.05, 0.1) is 11.4 Å². The Kier molecular flexibility index (Phi) is 8.06. The van der Waals surface area contributed by atoms with Gasteiger partial charge in [-0.2, -0.15) is 0 Å². The number of dihydropyridines is 1. The van der Waals surface area contributed by atoms with Gasteiger partial charge in [-0.25, -0.2) is 4.98 Å². The molecular formula is C50H38N2. The zero-order valence-electron chi connectivity index (χ0n) is 29.3. The summed E-state index contributed by atoms with van der Waals surface area (Å²) in [5.74, 6) is 0. The molecule has 8 aromatic rings. The normalized spacial score (nSPS) is 14.2. The number of hydrogen-bond donors (Lipinski definition) is 1. The molecular weight excluding hydrogens is 629 g/mol. The van der Waals surface area contributed by atoms with E-state index in [0.29, 0.717) is 6.04 Å². The molecule has 2 heteroatoms. The predicted octanol–water partition coefficient (Wildman–Crippen LogP) is 13.0. The molecule has 2 heterocycles. The summed E-state index contributed by atoms with van der Waals surface area (Å²) in [6, 6.07) is 61.8. The van der Waals surface area contributed by atoms with E-state index in [2.05, 4.69) is 201 Å². The lowest BCUT2D eigenvalue weighted by Crippen LogP contribution is -2.24. The van der Waals surface area contributed by atoms with E-state index in [1.807, 2.05) is 0 Å². The van der Waals surface area contributed by atoms with Crippen molar-refractivity contribution < 1.29 is 0 Å². The summed E-state index contributed by atoms with van der Waals surface area (Å²) in [5.41, 5.74) is 14.8. The van der Waals surface area contributed by atoms with E-state index in [0.717, 1.165) is 33.6 Å². The van der Waals surface area contributed by atoms with Crippen LogP contribution in [0.15, 0.2) is 188 Å². The minimum Gasteiger partial charge on any atom is -0.383 e. The highest BCUT2D eigenvalue weighted by molar-refractivity contribution is 6.08. The first-order chi connectivity index (χ1) is 25.5. The highest BCUT2D eigenvalue weighted by Gasteiger charge is 2.14. The summed E-state index contributed by atoms with van der Waals surface area (Å²) in [7, 11) is 0. The third-order valence-corrected chi connectivity index (χ3v) is 10.1.